The van der Waals surface area contributed by atoms with Crippen molar-refractivity contribution in [2.45, 2.75) is 83.4 Å². The van der Waals surface area contributed by atoms with Crippen LogP contribution < -0.4 is 9.64 Å². The zero-order chi connectivity index (χ0) is 33.3. The van der Waals surface area contributed by atoms with Gasteiger partial charge in [0.15, 0.2) is 0 Å². The number of piperazine rings is 1. The summed E-state index contributed by atoms with van der Waals surface area (Å²) in [6, 6.07) is 14.9. The van der Waals surface area contributed by atoms with Gasteiger partial charge in [-0.3, -0.25) is 0 Å². The van der Waals surface area contributed by atoms with Gasteiger partial charge in [0.25, 0.3) is 0 Å². The number of aryl methyl sites for hydroxylation is 1. The molecule has 0 spiro atoms. The normalized spacial score (nSPS) is 20.1. The SMILES string of the molecule is CN1CCCC1COc1nc2cc(-c3cccc4c3CCCC4)c(Cl)cc2c(N2CCN(C(=O)OC(C)(C)C)C(CC#N)C2)c1C#N. The standard InChI is InChI=1S/C37H43ClN6O3/c1-37(2,3)47-36(45)44-18-17-43(22-25(44)14-15-39)34-30-19-32(38)29(28-13-7-10-24-9-5-6-12-27(24)28)20-33(30)41-35(31(34)21-40)46-23-26-11-8-16-42(26)4/h7,10,13,19-20,25-26H,5-6,8-9,11-12,14,16-18,22-23H2,1-4H3. The highest BCUT2D eigenvalue weighted by Crippen LogP contribution is 2.43. The Balaban J connectivity index is 1.45. The number of halogens is 1. The lowest BCUT2D eigenvalue weighted by Gasteiger charge is -2.42. The highest BCUT2D eigenvalue weighted by molar-refractivity contribution is 6.34. The summed E-state index contributed by atoms with van der Waals surface area (Å²) in [5, 5.41) is 21.7. The Hall–Kier alpha value is -4.05. The van der Waals surface area contributed by atoms with Crippen molar-refractivity contribution in [2.75, 3.05) is 44.7 Å². The van der Waals surface area contributed by atoms with Gasteiger partial charge in [0, 0.05) is 41.6 Å². The van der Waals surface area contributed by atoms with Crippen LogP contribution in [0.5, 0.6) is 5.88 Å². The lowest BCUT2D eigenvalue weighted by atomic mass is 9.85. The van der Waals surface area contributed by atoms with Gasteiger partial charge in [0.1, 0.15) is 23.8 Å². The molecule has 0 saturated carbocycles. The van der Waals surface area contributed by atoms with E-state index >= 15 is 0 Å². The van der Waals surface area contributed by atoms with Crippen LogP contribution in [0.3, 0.4) is 0 Å². The number of likely N-dealkylation sites (tertiary alicyclic amines) is 1. The number of carbonyl (C=O) groups excluding carboxylic acids is 1. The molecule has 47 heavy (non-hydrogen) atoms. The van der Waals surface area contributed by atoms with Crippen LogP contribution in [0.15, 0.2) is 30.3 Å². The fourth-order valence-electron chi connectivity index (χ4n) is 7.28. The van der Waals surface area contributed by atoms with Crippen molar-refractivity contribution in [3.8, 4) is 29.1 Å². The molecule has 3 aliphatic rings. The number of hydrogen-bond acceptors (Lipinski definition) is 8. The summed E-state index contributed by atoms with van der Waals surface area (Å²) >= 11 is 7.12. The van der Waals surface area contributed by atoms with Crippen LogP contribution in [0.2, 0.25) is 5.02 Å². The van der Waals surface area contributed by atoms with Crippen LogP contribution in [-0.4, -0.2) is 78.4 Å². The summed E-state index contributed by atoms with van der Waals surface area (Å²) < 4.78 is 12.1. The molecule has 1 amide bonds. The molecule has 3 aromatic rings. The first-order valence-corrected chi connectivity index (χ1v) is 17.1. The maximum atomic E-state index is 13.2. The zero-order valence-corrected chi connectivity index (χ0v) is 28.6. The second-order valence-electron chi connectivity index (χ2n) is 14.0. The van der Waals surface area contributed by atoms with Gasteiger partial charge in [-0.05, 0) is 102 Å². The van der Waals surface area contributed by atoms with Gasteiger partial charge in [-0.2, -0.15) is 10.5 Å². The van der Waals surface area contributed by atoms with E-state index in [9.17, 15) is 15.3 Å². The topological polar surface area (TPSA) is 106 Å². The molecule has 0 bridgehead atoms. The van der Waals surface area contributed by atoms with Gasteiger partial charge in [0.05, 0.1) is 29.7 Å². The number of ether oxygens (including phenoxy) is 2. The first-order valence-electron chi connectivity index (χ1n) is 16.7. The van der Waals surface area contributed by atoms with Gasteiger partial charge in [-0.1, -0.05) is 29.8 Å². The largest absolute Gasteiger partial charge is 0.475 e. The van der Waals surface area contributed by atoms with Gasteiger partial charge in [-0.25, -0.2) is 9.78 Å². The number of pyridine rings is 1. The molecule has 2 saturated heterocycles. The molecule has 10 heteroatoms. The van der Waals surface area contributed by atoms with Crippen molar-refractivity contribution >= 4 is 34.3 Å². The molecular formula is C37H43ClN6O3. The maximum absolute atomic E-state index is 13.2. The lowest BCUT2D eigenvalue weighted by Crippen LogP contribution is -2.56. The molecule has 3 heterocycles. The maximum Gasteiger partial charge on any atom is 0.410 e. The Kier molecular flexibility index (Phi) is 9.50. The number of hydrogen-bond donors (Lipinski definition) is 0. The molecule has 9 nitrogen and oxygen atoms in total. The third-order valence-corrected chi connectivity index (χ3v) is 9.96. The molecule has 2 unspecified atom stereocenters. The minimum Gasteiger partial charge on any atom is -0.475 e. The molecule has 0 radical (unpaired) electrons. The van der Waals surface area contributed by atoms with E-state index in [1.807, 2.05) is 32.9 Å². The Morgan fingerprint density at radius 2 is 1.87 bits per heavy atom. The number of benzene rings is 2. The smallest absolute Gasteiger partial charge is 0.410 e. The Labute approximate surface area is 282 Å². The Bertz CT molecular complexity index is 1760. The number of aromatic nitrogens is 1. The highest BCUT2D eigenvalue weighted by atomic mass is 35.5. The molecule has 2 aliphatic heterocycles. The number of fused-ring (bicyclic) bond motifs is 2. The third-order valence-electron chi connectivity index (χ3n) is 9.65. The van der Waals surface area contributed by atoms with E-state index < -0.39 is 17.7 Å². The van der Waals surface area contributed by atoms with Gasteiger partial charge in [0.2, 0.25) is 5.88 Å². The monoisotopic (exact) mass is 654 g/mol. The number of anilines is 1. The van der Waals surface area contributed by atoms with E-state index in [4.69, 9.17) is 26.1 Å². The Morgan fingerprint density at radius 1 is 1.06 bits per heavy atom. The van der Waals surface area contributed by atoms with E-state index in [-0.39, 0.29) is 12.5 Å². The van der Waals surface area contributed by atoms with Crippen molar-refractivity contribution in [1.29, 1.82) is 10.5 Å². The van der Waals surface area contributed by atoms with E-state index in [0.29, 0.717) is 53.9 Å². The average Bonchev–Trinajstić information content (AvgIpc) is 3.46. The number of rotatable bonds is 6. The fourth-order valence-corrected chi connectivity index (χ4v) is 7.55. The van der Waals surface area contributed by atoms with Gasteiger partial charge >= 0.3 is 6.09 Å². The molecule has 246 valence electrons. The van der Waals surface area contributed by atoms with Gasteiger partial charge in [-0.15, -0.1) is 0 Å². The number of amides is 1. The zero-order valence-electron chi connectivity index (χ0n) is 27.8. The first kappa shape index (κ1) is 32.9. The van der Waals surface area contributed by atoms with Crippen LogP contribution >= 0.6 is 11.6 Å². The minimum absolute atomic E-state index is 0.127. The number of carbonyl (C=O) groups is 1. The molecule has 2 fully saturated rings. The van der Waals surface area contributed by atoms with Crippen LogP contribution in [0.25, 0.3) is 22.0 Å². The summed E-state index contributed by atoms with van der Waals surface area (Å²) in [6.45, 7) is 8.05. The van der Waals surface area contributed by atoms with Crippen molar-refractivity contribution in [3.63, 3.8) is 0 Å². The molecule has 2 aromatic carbocycles. The van der Waals surface area contributed by atoms with Crippen LogP contribution in [0.4, 0.5) is 10.5 Å². The molecule has 1 aliphatic carbocycles. The van der Waals surface area contributed by atoms with E-state index in [1.165, 1.54) is 17.5 Å². The van der Waals surface area contributed by atoms with Crippen molar-refractivity contribution in [1.82, 2.24) is 14.8 Å². The predicted molar refractivity (Wildman–Crippen MR) is 184 cm³/mol. The summed E-state index contributed by atoms with van der Waals surface area (Å²) in [5.74, 6) is 0.296. The van der Waals surface area contributed by atoms with Crippen LogP contribution in [0, 0.1) is 22.7 Å². The molecule has 0 N–H and O–H groups in total. The molecule has 1 aromatic heterocycles. The van der Waals surface area contributed by atoms with E-state index in [2.05, 4.69) is 47.2 Å². The van der Waals surface area contributed by atoms with Crippen LogP contribution in [-0.2, 0) is 17.6 Å². The number of nitriles is 2. The lowest BCUT2D eigenvalue weighted by molar-refractivity contribution is 0.0145. The molecule has 6 rings (SSSR count). The van der Waals surface area contributed by atoms with E-state index in [1.54, 1.807) is 4.90 Å². The molecular weight excluding hydrogens is 612 g/mol. The second kappa shape index (κ2) is 13.6. The number of nitrogens with zero attached hydrogens (tertiary/aromatic N) is 6. The summed E-state index contributed by atoms with van der Waals surface area (Å²) in [7, 11) is 2.10. The first-order chi connectivity index (χ1) is 22.6. The summed E-state index contributed by atoms with van der Waals surface area (Å²) in [4.78, 5) is 24.1. The van der Waals surface area contributed by atoms with Crippen molar-refractivity contribution in [3.05, 3.63) is 52.0 Å². The summed E-state index contributed by atoms with van der Waals surface area (Å²) in [6.07, 6.45) is 6.23. The quantitative estimate of drug-likeness (QED) is 0.277. The fraction of sp³-hybridized carbons (Fsp3) is 0.514. The second-order valence-corrected chi connectivity index (χ2v) is 14.4. The minimum atomic E-state index is -0.660. The number of likely N-dealkylation sites (N-methyl/N-ethyl adjacent to an activating group) is 1. The average molecular weight is 655 g/mol. The van der Waals surface area contributed by atoms with Crippen molar-refractivity contribution < 1.29 is 14.3 Å². The predicted octanol–water partition coefficient (Wildman–Crippen LogP) is 7.12. The highest BCUT2D eigenvalue weighted by Gasteiger charge is 2.36. The van der Waals surface area contributed by atoms with E-state index in [0.717, 1.165) is 55.2 Å². The Morgan fingerprint density at radius 3 is 2.60 bits per heavy atom. The van der Waals surface area contributed by atoms with Gasteiger partial charge < -0.3 is 24.2 Å². The molecule has 2 atom stereocenters. The van der Waals surface area contributed by atoms with Crippen molar-refractivity contribution in [2.24, 2.45) is 0 Å². The summed E-state index contributed by atoms with van der Waals surface area (Å²) in [5.41, 5.74) is 5.78. The third kappa shape index (κ3) is 6.84. The van der Waals surface area contributed by atoms with Crippen LogP contribution in [0.1, 0.15) is 69.6 Å².